The van der Waals surface area contributed by atoms with E-state index in [0.29, 0.717) is 5.75 Å². The predicted molar refractivity (Wildman–Crippen MR) is 81.4 cm³/mol. The van der Waals surface area contributed by atoms with Crippen LogP contribution >= 0.6 is 27.7 Å². The molecule has 0 radical (unpaired) electrons. The average molecular weight is 337 g/mol. The molecule has 98 valence electrons. The van der Waals surface area contributed by atoms with Gasteiger partial charge in [0.15, 0.2) is 0 Å². The van der Waals surface area contributed by atoms with E-state index in [1.165, 1.54) is 5.56 Å². The molecule has 1 aromatic carbocycles. The third-order valence-electron chi connectivity index (χ3n) is 3.22. The Morgan fingerprint density at radius 3 is 2.89 bits per heavy atom. The molecule has 2 aromatic rings. The highest BCUT2D eigenvalue weighted by Crippen LogP contribution is 2.37. The summed E-state index contributed by atoms with van der Waals surface area (Å²) in [5.41, 5.74) is 2.27. The normalized spacial score (nSPS) is 19.2. The van der Waals surface area contributed by atoms with Crippen LogP contribution in [0.1, 0.15) is 10.9 Å². The van der Waals surface area contributed by atoms with Gasteiger partial charge in [-0.2, -0.15) is 0 Å². The second kappa shape index (κ2) is 5.06. The summed E-state index contributed by atoms with van der Waals surface area (Å²) >= 11 is 5.16. The fraction of sp³-hybridized carbons (Fsp3) is 0.214. The summed E-state index contributed by atoms with van der Waals surface area (Å²) in [5, 5.41) is 0.140. The van der Waals surface area contributed by atoms with Crippen LogP contribution in [0.15, 0.2) is 47.2 Å². The largest absolute Gasteiger partial charge is 0.329 e. The number of carbonyl (C=O) groups is 1. The molecule has 1 saturated heterocycles. The SMILES string of the molecule is CN1C(=O)CS[C@@H]1c1ccn(-c2cccc(Br)c2)c1. The smallest absolute Gasteiger partial charge is 0.233 e. The molecular weight excluding hydrogens is 324 g/mol. The van der Waals surface area contributed by atoms with Gasteiger partial charge in [-0.3, -0.25) is 4.79 Å². The van der Waals surface area contributed by atoms with E-state index in [9.17, 15) is 4.79 Å². The first-order valence-corrected chi connectivity index (χ1v) is 7.80. The third kappa shape index (κ3) is 2.44. The summed E-state index contributed by atoms with van der Waals surface area (Å²) in [6.45, 7) is 0. The van der Waals surface area contributed by atoms with Crippen LogP contribution in [0, 0.1) is 0 Å². The van der Waals surface area contributed by atoms with Gasteiger partial charge in [-0.25, -0.2) is 0 Å². The molecule has 0 aliphatic carbocycles. The van der Waals surface area contributed by atoms with Crippen LogP contribution in [-0.2, 0) is 4.79 Å². The maximum Gasteiger partial charge on any atom is 0.233 e. The number of rotatable bonds is 2. The number of nitrogens with zero attached hydrogens (tertiary/aromatic N) is 2. The first kappa shape index (κ1) is 12.8. The van der Waals surface area contributed by atoms with Crippen molar-refractivity contribution in [2.45, 2.75) is 5.37 Å². The highest BCUT2D eigenvalue weighted by atomic mass is 79.9. The molecular formula is C14H13BrN2OS. The Morgan fingerprint density at radius 1 is 1.37 bits per heavy atom. The van der Waals surface area contributed by atoms with E-state index < -0.39 is 0 Å². The fourth-order valence-electron chi connectivity index (χ4n) is 2.17. The lowest BCUT2D eigenvalue weighted by molar-refractivity contribution is -0.126. The van der Waals surface area contributed by atoms with Crippen molar-refractivity contribution < 1.29 is 4.79 Å². The lowest BCUT2D eigenvalue weighted by Crippen LogP contribution is -2.22. The zero-order valence-corrected chi connectivity index (χ0v) is 12.8. The van der Waals surface area contributed by atoms with Crippen LogP contribution in [0.25, 0.3) is 5.69 Å². The summed E-state index contributed by atoms with van der Waals surface area (Å²) in [4.78, 5) is 13.4. The molecule has 0 unspecified atom stereocenters. The second-order valence-corrected chi connectivity index (χ2v) is 6.48. The predicted octanol–water partition coefficient (Wildman–Crippen LogP) is 3.44. The summed E-state index contributed by atoms with van der Waals surface area (Å²) in [5.74, 6) is 0.772. The highest BCUT2D eigenvalue weighted by molar-refractivity contribution is 9.10. The minimum absolute atomic E-state index is 0.140. The van der Waals surface area contributed by atoms with Crippen LogP contribution < -0.4 is 0 Å². The number of carbonyl (C=O) groups excluding carboxylic acids is 1. The summed E-state index contributed by atoms with van der Waals surface area (Å²) in [6, 6.07) is 10.2. The van der Waals surface area contributed by atoms with Crippen LogP contribution in [-0.4, -0.2) is 28.2 Å². The highest BCUT2D eigenvalue weighted by Gasteiger charge is 2.30. The van der Waals surface area contributed by atoms with Gasteiger partial charge in [0.25, 0.3) is 0 Å². The van der Waals surface area contributed by atoms with E-state index in [1.54, 1.807) is 11.8 Å². The maximum absolute atomic E-state index is 11.6. The average Bonchev–Trinajstić information content (AvgIpc) is 2.98. The number of hydrogen-bond acceptors (Lipinski definition) is 2. The van der Waals surface area contributed by atoms with Gasteiger partial charge in [0.1, 0.15) is 5.37 Å². The molecule has 5 heteroatoms. The second-order valence-electron chi connectivity index (χ2n) is 4.50. The molecule has 1 aromatic heterocycles. The molecule has 1 amide bonds. The van der Waals surface area contributed by atoms with E-state index >= 15 is 0 Å². The van der Waals surface area contributed by atoms with Gasteiger partial charge in [-0.05, 0) is 24.3 Å². The van der Waals surface area contributed by atoms with E-state index in [4.69, 9.17) is 0 Å². The van der Waals surface area contributed by atoms with Gasteiger partial charge in [0, 0.05) is 35.2 Å². The number of aromatic nitrogens is 1. The van der Waals surface area contributed by atoms with Crippen LogP contribution in [0.4, 0.5) is 0 Å². The van der Waals surface area contributed by atoms with Gasteiger partial charge in [0.2, 0.25) is 5.91 Å². The van der Waals surface area contributed by atoms with Crippen molar-refractivity contribution in [1.29, 1.82) is 0 Å². The van der Waals surface area contributed by atoms with E-state index in [1.807, 2.05) is 30.3 Å². The van der Waals surface area contributed by atoms with Crippen molar-refractivity contribution in [1.82, 2.24) is 9.47 Å². The van der Waals surface area contributed by atoms with Gasteiger partial charge in [-0.1, -0.05) is 22.0 Å². The van der Waals surface area contributed by atoms with Crippen molar-refractivity contribution in [2.24, 2.45) is 0 Å². The Morgan fingerprint density at radius 2 is 2.21 bits per heavy atom. The Kier molecular flexibility index (Phi) is 3.41. The Balaban J connectivity index is 1.90. The minimum Gasteiger partial charge on any atom is -0.329 e. The van der Waals surface area contributed by atoms with Gasteiger partial charge in [-0.15, -0.1) is 11.8 Å². The van der Waals surface area contributed by atoms with Gasteiger partial charge >= 0.3 is 0 Å². The lowest BCUT2D eigenvalue weighted by Gasteiger charge is -2.17. The van der Waals surface area contributed by atoms with Crippen LogP contribution in [0.3, 0.4) is 0 Å². The first-order valence-electron chi connectivity index (χ1n) is 5.96. The number of benzene rings is 1. The number of hydrogen-bond donors (Lipinski definition) is 0. The topological polar surface area (TPSA) is 25.2 Å². The Labute approximate surface area is 124 Å². The fourth-order valence-corrected chi connectivity index (χ4v) is 3.74. The summed E-state index contributed by atoms with van der Waals surface area (Å²) < 4.78 is 3.14. The molecule has 3 nitrogen and oxygen atoms in total. The zero-order valence-electron chi connectivity index (χ0n) is 10.4. The molecule has 1 aliphatic heterocycles. The monoisotopic (exact) mass is 336 g/mol. The minimum atomic E-state index is 0.140. The zero-order chi connectivity index (χ0) is 13.4. The van der Waals surface area contributed by atoms with Crippen molar-refractivity contribution in [3.8, 4) is 5.69 Å². The van der Waals surface area contributed by atoms with Crippen molar-refractivity contribution in [3.63, 3.8) is 0 Å². The molecule has 1 atom stereocenters. The van der Waals surface area contributed by atoms with E-state index in [2.05, 4.69) is 44.9 Å². The Bertz CT molecular complexity index is 625. The quantitative estimate of drug-likeness (QED) is 0.839. The molecule has 0 saturated carbocycles. The van der Waals surface area contributed by atoms with E-state index in [-0.39, 0.29) is 11.3 Å². The molecule has 19 heavy (non-hydrogen) atoms. The number of amides is 1. The maximum atomic E-state index is 11.6. The molecule has 0 bridgehead atoms. The number of thioether (sulfide) groups is 1. The first-order chi connectivity index (χ1) is 9.15. The molecule has 0 N–H and O–H groups in total. The van der Waals surface area contributed by atoms with Crippen molar-refractivity contribution in [2.75, 3.05) is 12.8 Å². The van der Waals surface area contributed by atoms with Gasteiger partial charge < -0.3 is 9.47 Å². The molecule has 3 rings (SSSR count). The standard InChI is InChI=1S/C14H13BrN2OS/c1-16-13(18)9-19-14(16)10-5-6-17(8-10)12-4-2-3-11(15)7-12/h2-8,14H,9H2,1H3/t14-/m1/s1. The van der Waals surface area contributed by atoms with Crippen LogP contribution in [0.5, 0.6) is 0 Å². The molecule has 0 spiro atoms. The van der Waals surface area contributed by atoms with Gasteiger partial charge in [0.05, 0.1) is 5.75 Å². The molecule has 1 fully saturated rings. The van der Waals surface area contributed by atoms with Crippen molar-refractivity contribution >= 4 is 33.6 Å². The third-order valence-corrected chi connectivity index (χ3v) is 5.03. The molecule has 2 heterocycles. The van der Waals surface area contributed by atoms with Crippen LogP contribution in [0.2, 0.25) is 0 Å². The number of halogens is 1. The molecule has 1 aliphatic rings. The van der Waals surface area contributed by atoms with E-state index in [0.717, 1.165) is 10.2 Å². The summed E-state index contributed by atoms with van der Waals surface area (Å²) in [7, 11) is 1.86. The lowest BCUT2D eigenvalue weighted by atomic mass is 10.3. The Hall–Kier alpha value is -1.20. The summed E-state index contributed by atoms with van der Waals surface area (Å²) in [6.07, 6.45) is 4.13. The van der Waals surface area contributed by atoms with Crippen molar-refractivity contribution in [3.05, 3.63) is 52.8 Å².